The summed E-state index contributed by atoms with van der Waals surface area (Å²) < 4.78 is 10.9. The molecule has 1 atom stereocenters. The Morgan fingerprint density at radius 3 is 2.76 bits per heavy atom. The first-order valence-corrected chi connectivity index (χ1v) is 8.48. The van der Waals surface area contributed by atoms with Gasteiger partial charge in [-0.1, -0.05) is 13.8 Å². The number of amides is 2. The number of rotatable bonds is 8. The van der Waals surface area contributed by atoms with Gasteiger partial charge in [-0.05, 0) is 42.7 Å². The molecule has 1 aromatic rings. The Morgan fingerprint density at radius 1 is 1.36 bits per heavy atom. The van der Waals surface area contributed by atoms with Crippen LogP contribution in [0, 0.1) is 5.92 Å². The number of carbonyl (C=O) groups is 2. The number of ether oxygens (including phenoxy) is 2. The molecule has 136 valence electrons. The summed E-state index contributed by atoms with van der Waals surface area (Å²) >= 11 is 0. The summed E-state index contributed by atoms with van der Waals surface area (Å²) in [6.45, 7) is 4.86. The molecular weight excluding hydrogens is 322 g/mol. The second-order valence-electron chi connectivity index (χ2n) is 6.19. The van der Waals surface area contributed by atoms with E-state index in [1.54, 1.807) is 44.3 Å². The van der Waals surface area contributed by atoms with E-state index in [1.807, 2.05) is 0 Å². The van der Waals surface area contributed by atoms with Crippen LogP contribution >= 0.6 is 0 Å². The summed E-state index contributed by atoms with van der Waals surface area (Å²) in [4.78, 5) is 23.1. The zero-order chi connectivity index (χ0) is 18.1. The molecule has 2 rings (SSSR count). The first-order chi connectivity index (χ1) is 12.0. The van der Waals surface area contributed by atoms with Crippen LogP contribution in [0.4, 0.5) is 0 Å². The van der Waals surface area contributed by atoms with Crippen molar-refractivity contribution in [2.75, 3.05) is 19.8 Å². The van der Waals surface area contributed by atoms with Crippen molar-refractivity contribution < 1.29 is 19.1 Å². The topological polar surface area (TPSA) is 89.0 Å². The Kier molecular flexibility index (Phi) is 7.40. The van der Waals surface area contributed by atoms with Gasteiger partial charge in [-0.2, -0.15) is 5.10 Å². The van der Waals surface area contributed by atoms with E-state index in [4.69, 9.17) is 9.47 Å². The third kappa shape index (κ3) is 6.93. The van der Waals surface area contributed by atoms with Crippen LogP contribution in [-0.4, -0.2) is 43.9 Å². The molecule has 1 aromatic carbocycles. The Balaban J connectivity index is 1.69. The minimum atomic E-state index is -0.169. The highest BCUT2D eigenvalue weighted by Gasteiger charge is 2.16. The van der Waals surface area contributed by atoms with E-state index in [0.29, 0.717) is 12.3 Å². The Bertz CT molecular complexity index is 593. The van der Waals surface area contributed by atoms with Crippen molar-refractivity contribution in [2.24, 2.45) is 11.0 Å². The monoisotopic (exact) mass is 347 g/mol. The largest absolute Gasteiger partial charge is 0.484 e. The number of hydrogen-bond acceptors (Lipinski definition) is 5. The molecule has 1 aliphatic heterocycles. The fourth-order valence-electron chi connectivity index (χ4n) is 2.18. The van der Waals surface area contributed by atoms with E-state index >= 15 is 0 Å². The predicted octanol–water partition coefficient (Wildman–Crippen LogP) is 1.47. The van der Waals surface area contributed by atoms with E-state index in [2.05, 4.69) is 15.8 Å². The first-order valence-electron chi connectivity index (χ1n) is 8.48. The molecule has 1 aliphatic rings. The van der Waals surface area contributed by atoms with Gasteiger partial charge in [0.15, 0.2) is 6.61 Å². The SMILES string of the molecule is CC(C)C(=O)N/N=C/c1ccc(OCC(=O)NC[C@H]2CCCO2)cc1. The van der Waals surface area contributed by atoms with Gasteiger partial charge >= 0.3 is 0 Å². The number of nitrogens with zero attached hydrogens (tertiary/aromatic N) is 1. The summed E-state index contributed by atoms with van der Waals surface area (Å²) in [7, 11) is 0. The van der Waals surface area contributed by atoms with E-state index < -0.39 is 0 Å². The van der Waals surface area contributed by atoms with Gasteiger partial charge in [0.25, 0.3) is 5.91 Å². The highest BCUT2D eigenvalue weighted by atomic mass is 16.5. The van der Waals surface area contributed by atoms with E-state index in [9.17, 15) is 9.59 Å². The summed E-state index contributed by atoms with van der Waals surface area (Å²) in [5.74, 6) is 0.178. The lowest BCUT2D eigenvalue weighted by Crippen LogP contribution is -2.35. The van der Waals surface area contributed by atoms with Gasteiger partial charge in [0.1, 0.15) is 5.75 Å². The number of hydrazone groups is 1. The Morgan fingerprint density at radius 2 is 2.12 bits per heavy atom. The second-order valence-corrected chi connectivity index (χ2v) is 6.19. The Labute approximate surface area is 147 Å². The molecule has 7 nitrogen and oxygen atoms in total. The van der Waals surface area contributed by atoms with Crippen LogP contribution in [0.25, 0.3) is 0 Å². The number of nitrogens with one attached hydrogen (secondary N) is 2. The quantitative estimate of drug-likeness (QED) is 0.550. The van der Waals surface area contributed by atoms with Crippen molar-refractivity contribution >= 4 is 18.0 Å². The van der Waals surface area contributed by atoms with Crippen molar-refractivity contribution in [3.63, 3.8) is 0 Å². The maximum atomic E-state index is 11.7. The molecule has 0 saturated carbocycles. The lowest BCUT2D eigenvalue weighted by molar-refractivity contribution is -0.124. The lowest BCUT2D eigenvalue weighted by Gasteiger charge is -2.11. The van der Waals surface area contributed by atoms with Gasteiger partial charge < -0.3 is 14.8 Å². The zero-order valence-electron chi connectivity index (χ0n) is 14.7. The van der Waals surface area contributed by atoms with Gasteiger partial charge in [-0.25, -0.2) is 5.43 Å². The number of hydrogen-bond donors (Lipinski definition) is 2. The van der Waals surface area contributed by atoms with E-state index in [0.717, 1.165) is 25.0 Å². The molecule has 25 heavy (non-hydrogen) atoms. The molecular formula is C18H25N3O4. The van der Waals surface area contributed by atoms with Gasteiger partial charge in [0.05, 0.1) is 12.3 Å². The number of carbonyl (C=O) groups excluding carboxylic acids is 2. The van der Waals surface area contributed by atoms with E-state index in [1.165, 1.54) is 0 Å². The first kappa shape index (κ1) is 18.9. The fourth-order valence-corrected chi connectivity index (χ4v) is 2.18. The molecule has 1 heterocycles. The van der Waals surface area contributed by atoms with E-state index in [-0.39, 0.29) is 30.4 Å². The highest BCUT2D eigenvalue weighted by molar-refractivity contribution is 5.83. The smallest absolute Gasteiger partial charge is 0.258 e. The molecule has 0 radical (unpaired) electrons. The van der Waals surface area contributed by atoms with Gasteiger partial charge in [-0.15, -0.1) is 0 Å². The van der Waals surface area contributed by atoms with Crippen molar-refractivity contribution in [1.82, 2.24) is 10.7 Å². The maximum absolute atomic E-state index is 11.7. The average molecular weight is 347 g/mol. The minimum Gasteiger partial charge on any atom is -0.484 e. The van der Waals surface area contributed by atoms with Crippen molar-refractivity contribution in [2.45, 2.75) is 32.8 Å². The van der Waals surface area contributed by atoms with Crippen LogP contribution in [-0.2, 0) is 14.3 Å². The summed E-state index contributed by atoms with van der Waals surface area (Å²) in [5.41, 5.74) is 3.28. The van der Waals surface area contributed by atoms with Crippen LogP contribution in [0.15, 0.2) is 29.4 Å². The molecule has 0 spiro atoms. The third-order valence-corrected chi connectivity index (χ3v) is 3.71. The van der Waals surface area contributed by atoms with Crippen LogP contribution in [0.3, 0.4) is 0 Å². The summed E-state index contributed by atoms with van der Waals surface area (Å²) in [6, 6.07) is 7.09. The molecule has 7 heteroatoms. The standard InChI is InChI=1S/C18H25N3O4/c1-13(2)18(23)21-20-10-14-5-7-15(8-6-14)25-12-17(22)19-11-16-4-3-9-24-16/h5-8,10,13,16H,3-4,9,11-12H2,1-2H3,(H,19,22)(H,21,23)/b20-10+/t16-/m1/s1. The fraction of sp³-hybridized carbons (Fsp3) is 0.500. The summed E-state index contributed by atoms with van der Waals surface area (Å²) in [5, 5.41) is 6.69. The molecule has 2 N–H and O–H groups in total. The lowest BCUT2D eigenvalue weighted by atomic mass is 10.2. The average Bonchev–Trinajstić information content (AvgIpc) is 3.12. The summed E-state index contributed by atoms with van der Waals surface area (Å²) in [6.07, 6.45) is 3.72. The van der Waals surface area contributed by atoms with Crippen LogP contribution in [0.2, 0.25) is 0 Å². The normalized spacial score (nSPS) is 17.0. The van der Waals surface area contributed by atoms with Gasteiger partial charge in [0, 0.05) is 19.1 Å². The molecule has 0 bridgehead atoms. The van der Waals surface area contributed by atoms with Gasteiger partial charge in [0.2, 0.25) is 5.91 Å². The molecule has 1 saturated heterocycles. The van der Waals surface area contributed by atoms with Crippen molar-refractivity contribution in [1.29, 1.82) is 0 Å². The van der Waals surface area contributed by atoms with Crippen LogP contribution < -0.4 is 15.5 Å². The Hall–Kier alpha value is -2.41. The third-order valence-electron chi connectivity index (χ3n) is 3.71. The van der Waals surface area contributed by atoms with Crippen molar-refractivity contribution in [3.05, 3.63) is 29.8 Å². The van der Waals surface area contributed by atoms with Gasteiger partial charge in [-0.3, -0.25) is 9.59 Å². The van der Waals surface area contributed by atoms with Crippen molar-refractivity contribution in [3.8, 4) is 5.75 Å². The number of benzene rings is 1. The highest BCUT2D eigenvalue weighted by Crippen LogP contribution is 2.12. The zero-order valence-corrected chi connectivity index (χ0v) is 14.7. The minimum absolute atomic E-state index is 0.0371. The predicted molar refractivity (Wildman–Crippen MR) is 94.5 cm³/mol. The second kappa shape index (κ2) is 9.78. The van der Waals surface area contributed by atoms with Crippen LogP contribution in [0.5, 0.6) is 5.75 Å². The molecule has 2 amide bonds. The molecule has 1 fully saturated rings. The molecule has 0 aliphatic carbocycles. The maximum Gasteiger partial charge on any atom is 0.258 e. The van der Waals surface area contributed by atoms with Crippen LogP contribution in [0.1, 0.15) is 32.3 Å². The molecule has 0 aromatic heterocycles. The molecule has 0 unspecified atom stereocenters.